The van der Waals surface area contributed by atoms with Gasteiger partial charge in [-0.3, -0.25) is 4.79 Å². The van der Waals surface area contributed by atoms with Gasteiger partial charge in [0.1, 0.15) is 0 Å². The number of ketones is 1. The largest absolute Gasteiger partial charge is 0.395 e. The van der Waals surface area contributed by atoms with Crippen molar-refractivity contribution in [2.45, 2.75) is 51.9 Å². The predicted octanol–water partition coefficient (Wildman–Crippen LogP) is 3.66. The Balaban J connectivity index is 1.71. The van der Waals surface area contributed by atoms with Crippen LogP contribution >= 0.6 is 0 Å². The Labute approximate surface area is 139 Å². The number of fused-ring (bicyclic) bond motifs is 5. The van der Waals surface area contributed by atoms with Crippen LogP contribution in [-0.2, 0) is 4.79 Å². The standard InChI is InChI=1S/C21H26O2/c1-3-14-5-7-18-17-6-4-15-12-16(23)8-11-21(15,13-22)19(17)9-10-20(14,18)2/h1,5,12,17-19,22H,4,6-11,13H2,2H3/t17?,18?,19?,20-,21-/m1/s1. The van der Waals surface area contributed by atoms with E-state index in [1.807, 2.05) is 6.08 Å². The van der Waals surface area contributed by atoms with Gasteiger partial charge < -0.3 is 5.11 Å². The summed E-state index contributed by atoms with van der Waals surface area (Å²) in [4.78, 5) is 11.9. The third-order valence-electron chi connectivity index (χ3n) is 7.70. The first-order chi connectivity index (χ1) is 11.0. The van der Waals surface area contributed by atoms with Crippen molar-refractivity contribution in [3.05, 3.63) is 23.3 Å². The molecule has 4 aliphatic carbocycles. The molecular formula is C21H26O2. The molecule has 1 N–H and O–H groups in total. The molecule has 0 heterocycles. The van der Waals surface area contributed by atoms with E-state index in [0.717, 1.165) is 38.5 Å². The Morgan fingerprint density at radius 1 is 1.30 bits per heavy atom. The van der Waals surface area contributed by atoms with Gasteiger partial charge in [-0.25, -0.2) is 0 Å². The molecule has 2 heteroatoms. The van der Waals surface area contributed by atoms with Gasteiger partial charge >= 0.3 is 0 Å². The van der Waals surface area contributed by atoms with Crippen LogP contribution in [0.2, 0.25) is 0 Å². The van der Waals surface area contributed by atoms with Crippen molar-refractivity contribution in [3.8, 4) is 12.3 Å². The van der Waals surface area contributed by atoms with E-state index in [1.165, 1.54) is 11.1 Å². The maximum Gasteiger partial charge on any atom is 0.155 e. The minimum atomic E-state index is -0.128. The molecule has 0 aliphatic heterocycles. The molecule has 0 saturated heterocycles. The van der Waals surface area contributed by atoms with Crippen molar-refractivity contribution >= 4 is 5.78 Å². The first kappa shape index (κ1) is 15.2. The topological polar surface area (TPSA) is 37.3 Å². The molecule has 0 aromatic heterocycles. The third kappa shape index (κ3) is 1.89. The van der Waals surface area contributed by atoms with Crippen LogP contribution in [0.4, 0.5) is 0 Å². The number of hydrogen-bond acceptors (Lipinski definition) is 2. The molecule has 23 heavy (non-hydrogen) atoms. The summed E-state index contributed by atoms with van der Waals surface area (Å²) in [7, 11) is 0. The number of terminal acetylenes is 1. The van der Waals surface area contributed by atoms with Gasteiger partial charge in [0.25, 0.3) is 0 Å². The lowest BCUT2D eigenvalue weighted by Gasteiger charge is -2.58. The van der Waals surface area contributed by atoms with Crippen molar-refractivity contribution in [1.82, 2.24) is 0 Å². The van der Waals surface area contributed by atoms with Crippen LogP contribution in [0.15, 0.2) is 23.3 Å². The summed E-state index contributed by atoms with van der Waals surface area (Å²) in [6, 6.07) is 0. The van der Waals surface area contributed by atoms with Crippen LogP contribution in [0.3, 0.4) is 0 Å². The average molecular weight is 310 g/mol. The van der Waals surface area contributed by atoms with Gasteiger partial charge in [-0.05, 0) is 62.4 Å². The molecule has 0 spiro atoms. The van der Waals surface area contributed by atoms with E-state index >= 15 is 0 Å². The van der Waals surface area contributed by atoms with E-state index in [-0.39, 0.29) is 23.2 Å². The summed E-state index contributed by atoms with van der Waals surface area (Å²) in [5.74, 6) is 4.96. The van der Waals surface area contributed by atoms with Gasteiger partial charge in [-0.2, -0.15) is 0 Å². The van der Waals surface area contributed by atoms with E-state index < -0.39 is 0 Å². The monoisotopic (exact) mass is 310 g/mol. The summed E-state index contributed by atoms with van der Waals surface area (Å²) >= 11 is 0. The van der Waals surface area contributed by atoms with Crippen molar-refractivity contribution in [1.29, 1.82) is 0 Å². The zero-order valence-electron chi connectivity index (χ0n) is 14.0. The Bertz CT molecular complexity index is 649. The zero-order valence-corrected chi connectivity index (χ0v) is 14.0. The van der Waals surface area contributed by atoms with Gasteiger partial charge in [-0.1, -0.05) is 24.5 Å². The van der Waals surface area contributed by atoms with Crippen LogP contribution in [0, 0.1) is 40.9 Å². The minimum absolute atomic E-state index is 0.128. The molecule has 2 nitrogen and oxygen atoms in total. The van der Waals surface area contributed by atoms with Crippen LogP contribution in [-0.4, -0.2) is 17.5 Å². The average Bonchev–Trinajstić information content (AvgIpc) is 2.90. The number of allylic oxidation sites excluding steroid dienone is 3. The Morgan fingerprint density at radius 3 is 2.87 bits per heavy atom. The van der Waals surface area contributed by atoms with Crippen molar-refractivity contribution < 1.29 is 9.90 Å². The number of carbonyl (C=O) groups is 1. The SMILES string of the molecule is C#CC1=CCC2C3CCC4=CC(=O)CC[C@]4(CO)C3CC[C@]12C. The van der Waals surface area contributed by atoms with Crippen LogP contribution in [0.25, 0.3) is 0 Å². The summed E-state index contributed by atoms with van der Waals surface area (Å²) in [5.41, 5.74) is 2.48. The fourth-order valence-electron chi connectivity index (χ4n) is 6.45. The van der Waals surface area contributed by atoms with Gasteiger partial charge in [0.2, 0.25) is 0 Å². The van der Waals surface area contributed by atoms with E-state index in [1.54, 1.807) is 0 Å². The molecule has 3 unspecified atom stereocenters. The highest BCUT2D eigenvalue weighted by Crippen LogP contribution is 2.65. The number of hydrogen-bond donors (Lipinski definition) is 1. The highest BCUT2D eigenvalue weighted by atomic mass is 16.3. The lowest BCUT2D eigenvalue weighted by Crippen LogP contribution is -2.52. The zero-order chi connectivity index (χ0) is 16.2. The number of aliphatic hydroxyl groups excluding tert-OH is 1. The Morgan fingerprint density at radius 2 is 2.13 bits per heavy atom. The van der Waals surface area contributed by atoms with Crippen molar-refractivity contribution in [2.75, 3.05) is 6.61 Å². The lowest BCUT2D eigenvalue weighted by atomic mass is 9.46. The molecule has 2 fully saturated rings. The summed E-state index contributed by atoms with van der Waals surface area (Å²) in [6.07, 6.45) is 16.8. The van der Waals surface area contributed by atoms with Gasteiger partial charge in [0.15, 0.2) is 5.78 Å². The molecule has 0 bridgehead atoms. The van der Waals surface area contributed by atoms with Crippen LogP contribution in [0.5, 0.6) is 0 Å². The summed E-state index contributed by atoms with van der Waals surface area (Å²) < 4.78 is 0. The number of carbonyl (C=O) groups excluding carboxylic acids is 1. The fourth-order valence-corrected chi connectivity index (χ4v) is 6.45. The highest BCUT2D eigenvalue weighted by molar-refractivity contribution is 5.91. The second-order valence-corrected chi connectivity index (χ2v) is 8.32. The molecule has 5 atom stereocenters. The first-order valence-corrected chi connectivity index (χ1v) is 9.07. The van der Waals surface area contributed by atoms with Gasteiger partial charge in [0.05, 0.1) is 6.61 Å². The second kappa shape index (κ2) is 5.08. The van der Waals surface area contributed by atoms with Crippen LogP contribution < -0.4 is 0 Å². The van der Waals surface area contributed by atoms with E-state index in [4.69, 9.17) is 6.42 Å². The number of aliphatic hydroxyl groups is 1. The molecule has 122 valence electrons. The molecule has 0 radical (unpaired) electrons. The van der Waals surface area contributed by atoms with Gasteiger partial charge in [0, 0.05) is 22.8 Å². The van der Waals surface area contributed by atoms with E-state index in [2.05, 4.69) is 18.9 Å². The molecule has 4 rings (SSSR count). The Kier molecular flexibility index (Phi) is 3.36. The predicted molar refractivity (Wildman–Crippen MR) is 90.4 cm³/mol. The lowest BCUT2D eigenvalue weighted by molar-refractivity contribution is -0.118. The van der Waals surface area contributed by atoms with Gasteiger partial charge in [-0.15, -0.1) is 6.42 Å². The Hall–Kier alpha value is -1.33. The maximum atomic E-state index is 11.9. The molecule has 0 amide bonds. The second-order valence-electron chi connectivity index (χ2n) is 8.32. The van der Waals surface area contributed by atoms with Crippen molar-refractivity contribution in [3.63, 3.8) is 0 Å². The molecular weight excluding hydrogens is 284 g/mol. The quantitative estimate of drug-likeness (QED) is 0.751. The smallest absolute Gasteiger partial charge is 0.155 e. The van der Waals surface area contributed by atoms with E-state index in [0.29, 0.717) is 24.2 Å². The highest BCUT2D eigenvalue weighted by Gasteiger charge is 2.58. The molecule has 2 saturated carbocycles. The van der Waals surface area contributed by atoms with E-state index in [9.17, 15) is 9.90 Å². The third-order valence-corrected chi connectivity index (χ3v) is 7.70. The summed E-state index contributed by atoms with van der Waals surface area (Å²) in [6.45, 7) is 2.56. The minimum Gasteiger partial charge on any atom is -0.395 e. The molecule has 0 aromatic carbocycles. The van der Waals surface area contributed by atoms with Crippen molar-refractivity contribution in [2.24, 2.45) is 28.6 Å². The first-order valence-electron chi connectivity index (χ1n) is 9.07. The van der Waals surface area contributed by atoms with Crippen LogP contribution in [0.1, 0.15) is 51.9 Å². The maximum absolute atomic E-state index is 11.9. The molecule has 0 aromatic rings. The molecule has 4 aliphatic rings. The number of rotatable bonds is 1. The summed E-state index contributed by atoms with van der Waals surface area (Å²) in [5, 5.41) is 10.3. The normalized spacial score (nSPS) is 45.3. The fraction of sp³-hybridized carbons (Fsp3) is 0.667.